The molecular weight excluding hydrogens is 358 g/mol. The molecular formula is C18H16ClN3O2S. The number of hydrogen-bond acceptors (Lipinski definition) is 5. The molecule has 0 aliphatic rings. The molecule has 0 atom stereocenters. The lowest BCUT2D eigenvalue weighted by Crippen LogP contribution is -2.15. The van der Waals surface area contributed by atoms with Gasteiger partial charge in [0.15, 0.2) is 0 Å². The maximum Gasteiger partial charge on any atom is 0.236 e. The Morgan fingerprint density at radius 2 is 2.04 bits per heavy atom. The van der Waals surface area contributed by atoms with Gasteiger partial charge in [0.2, 0.25) is 17.6 Å². The SMILES string of the molecule is Cc1ccc(Cl)cc1NC(=O)CSCc1nc(-c2ccccc2)no1. The van der Waals surface area contributed by atoms with Crippen LogP contribution in [-0.2, 0) is 10.5 Å². The second-order valence-corrected chi connectivity index (χ2v) is 6.80. The van der Waals surface area contributed by atoms with Crippen molar-refractivity contribution in [1.29, 1.82) is 0 Å². The second kappa shape index (κ2) is 8.18. The first-order chi connectivity index (χ1) is 12.1. The van der Waals surface area contributed by atoms with Crippen molar-refractivity contribution in [1.82, 2.24) is 10.1 Å². The molecule has 5 nitrogen and oxygen atoms in total. The summed E-state index contributed by atoms with van der Waals surface area (Å²) in [6.45, 7) is 1.92. The van der Waals surface area contributed by atoms with Crippen LogP contribution in [0.2, 0.25) is 5.02 Å². The number of anilines is 1. The number of amides is 1. The van der Waals surface area contributed by atoms with Crippen LogP contribution in [0.4, 0.5) is 5.69 Å². The fourth-order valence-electron chi connectivity index (χ4n) is 2.16. The normalized spacial score (nSPS) is 10.6. The maximum atomic E-state index is 12.1. The van der Waals surface area contributed by atoms with Crippen LogP contribution in [0.25, 0.3) is 11.4 Å². The van der Waals surface area contributed by atoms with Crippen molar-refractivity contribution >= 4 is 35.0 Å². The molecule has 3 rings (SSSR count). The minimum Gasteiger partial charge on any atom is -0.338 e. The lowest BCUT2D eigenvalue weighted by Gasteiger charge is -2.08. The first kappa shape index (κ1) is 17.5. The molecule has 25 heavy (non-hydrogen) atoms. The molecule has 0 spiro atoms. The van der Waals surface area contributed by atoms with Crippen LogP contribution in [0.3, 0.4) is 0 Å². The van der Waals surface area contributed by atoms with Crippen molar-refractivity contribution < 1.29 is 9.32 Å². The van der Waals surface area contributed by atoms with Crippen molar-refractivity contribution in [2.75, 3.05) is 11.1 Å². The fraction of sp³-hybridized carbons (Fsp3) is 0.167. The van der Waals surface area contributed by atoms with Gasteiger partial charge in [-0.25, -0.2) is 0 Å². The Bertz CT molecular complexity index is 868. The lowest BCUT2D eigenvalue weighted by molar-refractivity contribution is -0.113. The number of aryl methyl sites for hydroxylation is 1. The number of thioether (sulfide) groups is 1. The third-order valence-electron chi connectivity index (χ3n) is 3.43. The zero-order valence-corrected chi connectivity index (χ0v) is 15.1. The molecule has 7 heteroatoms. The summed E-state index contributed by atoms with van der Waals surface area (Å²) in [6, 6.07) is 15.0. The van der Waals surface area contributed by atoms with Gasteiger partial charge in [-0.05, 0) is 24.6 Å². The summed E-state index contributed by atoms with van der Waals surface area (Å²) < 4.78 is 5.22. The van der Waals surface area contributed by atoms with Crippen LogP contribution in [0.5, 0.6) is 0 Å². The Labute approximate surface area is 154 Å². The molecule has 128 valence electrons. The van der Waals surface area contributed by atoms with Gasteiger partial charge in [0.1, 0.15) is 0 Å². The van der Waals surface area contributed by atoms with Gasteiger partial charge in [0.05, 0.1) is 11.5 Å². The van der Waals surface area contributed by atoms with Gasteiger partial charge >= 0.3 is 0 Å². The van der Waals surface area contributed by atoms with E-state index in [-0.39, 0.29) is 11.7 Å². The van der Waals surface area contributed by atoms with E-state index in [1.165, 1.54) is 11.8 Å². The van der Waals surface area contributed by atoms with Crippen molar-refractivity contribution in [3.05, 3.63) is 65.0 Å². The highest BCUT2D eigenvalue weighted by atomic mass is 35.5. The van der Waals surface area contributed by atoms with Gasteiger partial charge < -0.3 is 9.84 Å². The molecule has 0 aliphatic heterocycles. The minimum atomic E-state index is -0.0989. The van der Waals surface area contributed by atoms with Gasteiger partial charge in [-0.3, -0.25) is 4.79 Å². The number of nitrogens with one attached hydrogen (secondary N) is 1. The first-order valence-corrected chi connectivity index (χ1v) is 9.17. The topological polar surface area (TPSA) is 68.0 Å². The molecule has 1 amide bonds. The van der Waals surface area contributed by atoms with E-state index in [2.05, 4.69) is 15.5 Å². The quantitative estimate of drug-likeness (QED) is 0.685. The van der Waals surface area contributed by atoms with Crippen LogP contribution < -0.4 is 5.32 Å². The predicted molar refractivity (Wildman–Crippen MR) is 101 cm³/mol. The Kier molecular flexibility index (Phi) is 5.73. The molecule has 0 saturated heterocycles. The van der Waals surface area contributed by atoms with Crippen molar-refractivity contribution in [3.63, 3.8) is 0 Å². The number of benzene rings is 2. The Balaban J connectivity index is 1.50. The van der Waals surface area contributed by atoms with Crippen LogP contribution in [-0.4, -0.2) is 21.8 Å². The highest BCUT2D eigenvalue weighted by molar-refractivity contribution is 7.99. The Morgan fingerprint density at radius 1 is 1.24 bits per heavy atom. The highest BCUT2D eigenvalue weighted by Crippen LogP contribution is 2.21. The van der Waals surface area contributed by atoms with E-state index in [0.717, 1.165) is 16.8 Å². The summed E-state index contributed by atoms with van der Waals surface area (Å²) in [6.07, 6.45) is 0. The van der Waals surface area contributed by atoms with Crippen LogP contribution in [0.15, 0.2) is 53.1 Å². The Hall–Kier alpha value is -2.31. The highest BCUT2D eigenvalue weighted by Gasteiger charge is 2.10. The smallest absolute Gasteiger partial charge is 0.236 e. The molecule has 2 aromatic carbocycles. The third-order valence-corrected chi connectivity index (χ3v) is 4.58. The van der Waals surface area contributed by atoms with Crippen molar-refractivity contribution in [2.24, 2.45) is 0 Å². The number of aromatic nitrogens is 2. The number of hydrogen-bond donors (Lipinski definition) is 1. The zero-order valence-electron chi connectivity index (χ0n) is 13.5. The zero-order chi connectivity index (χ0) is 17.6. The van der Waals surface area contributed by atoms with Gasteiger partial charge in [0.25, 0.3) is 0 Å². The number of carbonyl (C=O) groups excluding carboxylic acids is 1. The minimum absolute atomic E-state index is 0.0989. The average Bonchev–Trinajstić information content (AvgIpc) is 3.08. The summed E-state index contributed by atoms with van der Waals surface area (Å²) in [4.78, 5) is 16.4. The van der Waals surface area contributed by atoms with E-state index in [9.17, 15) is 4.79 Å². The molecule has 0 bridgehead atoms. The number of rotatable bonds is 6. The Morgan fingerprint density at radius 3 is 2.84 bits per heavy atom. The monoisotopic (exact) mass is 373 g/mol. The second-order valence-electron chi connectivity index (χ2n) is 5.38. The number of carbonyl (C=O) groups is 1. The number of halogens is 1. The molecule has 1 heterocycles. The summed E-state index contributed by atoms with van der Waals surface area (Å²) in [5.41, 5.74) is 2.59. The lowest BCUT2D eigenvalue weighted by atomic mass is 10.2. The predicted octanol–water partition coefficient (Wildman–Crippen LogP) is 4.57. The fourth-order valence-corrected chi connectivity index (χ4v) is 2.99. The summed E-state index contributed by atoms with van der Waals surface area (Å²) >= 11 is 7.36. The largest absolute Gasteiger partial charge is 0.338 e. The average molecular weight is 374 g/mol. The van der Waals surface area contributed by atoms with Gasteiger partial charge in [-0.1, -0.05) is 53.2 Å². The van der Waals surface area contributed by atoms with E-state index in [0.29, 0.717) is 22.5 Å². The molecule has 3 aromatic rings. The molecule has 0 fully saturated rings. The van der Waals surface area contributed by atoms with Crippen molar-refractivity contribution in [3.8, 4) is 11.4 Å². The van der Waals surface area contributed by atoms with Gasteiger partial charge in [0, 0.05) is 16.3 Å². The molecule has 0 aliphatic carbocycles. The van der Waals surface area contributed by atoms with E-state index in [4.69, 9.17) is 16.1 Å². The molecule has 0 saturated carbocycles. The first-order valence-electron chi connectivity index (χ1n) is 7.63. The van der Waals surface area contributed by atoms with Crippen LogP contribution in [0.1, 0.15) is 11.5 Å². The summed E-state index contributed by atoms with van der Waals surface area (Å²) in [5, 5.41) is 7.41. The third kappa shape index (κ3) is 4.84. The van der Waals surface area contributed by atoms with Crippen LogP contribution >= 0.6 is 23.4 Å². The summed E-state index contributed by atoms with van der Waals surface area (Å²) in [7, 11) is 0. The van der Waals surface area contributed by atoms with Crippen molar-refractivity contribution in [2.45, 2.75) is 12.7 Å². The molecule has 0 radical (unpaired) electrons. The van der Waals surface area contributed by atoms with Crippen LogP contribution in [0, 0.1) is 6.92 Å². The van der Waals surface area contributed by atoms with E-state index in [1.54, 1.807) is 12.1 Å². The number of nitrogens with zero attached hydrogens (tertiary/aromatic N) is 2. The van der Waals surface area contributed by atoms with Gasteiger partial charge in [-0.15, -0.1) is 11.8 Å². The van der Waals surface area contributed by atoms with E-state index < -0.39 is 0 Å². The van der Waals surface area contributed by atoms with E-state index in [1.807, 2.05) is 43.3 Å². The molecule has 0 unspecified atom stereocenters. The van der Waals surface area contributed by atoms with Gasteiger partial charge in [-0.2, -0.15) is 4.98 Å². The standard InChI is InChI=1S/C18H16ClN3O2S/c1-12-7-8-14(19)9-15(12)20-16(23)10-25-11-17-21-18(22-24-17)13-5-3-2-4-6-13/h2-9H,10-11H2,1H3,(H,20,23). The summed E-state index contributed by atoms with van der Waals surface area (Å²) in [5.74, 6) is 1.71. The molecule has 1 aromatic heterocycles. The van der Waals surface area contributed by atoms with E-state index >= 15 is 0 Å². The molecule has 1 N–H and O–H groups in total. The maximum absolute atomic E-state index is 12.1.